The monoisotopic (exact) mass is 129 g/mol. The lowest BCUT2D eigenvalue weighted by Crippen LogP contribution is -2.22. The fourth-order valence-electron chi connectivity index (χ4n) is 0.816. The molecule has 0 bridgehead atoms. The average molecular weight is 129 g/mol. The highest BCUT2D eigenvalue weighted by molar-refractivity contribution is 7.83. The van der Waals surface area contributed by atoms with Gasteiger partial charge in [0.05, 0.1) is 0 Å². The smallest absolute Gasteiger partial charge is 0.133 e. The molecule has 0 spiro atoms. The summed E-state index contributed by atoms with van der Waals surface area (Å²) in [5, 5.41) is 0. The van der Waals surface area contributed by atoms with E-state index in [-0.39, 0.29) is 4.65 Å². The van der Waals surface area contributed by atoms with Crippen LogP contribution >= 0.6 is 12.6 Å². The van der Waals surface area contributed by atoms with Gasteiger partial charge in [-0.1, -0.05) is 33.5 Å². The van der Waals surface area contributed by atoms with E-state index in [1.807, 2.05) is 0 Å². The standard InChI is InChI=1S/C6H14BS/c1-5(2)7-6(3,4)8/h5,8H,1-4H3. The SMILES string of the molecule is CC(C)[B]C(C)(C)S. The third-order valence-electron chi connectivity index (χ3n) is 0.741. The van der Waals surface area contributed by atoms with Crippen LogP contribution < -0.4 is 0 Å². The fraction of sp³-hybridized carbons (Fsp3) is 1.00. The van der Waals surface area contributed by atoms with Crippen LogP contribution in [0.3, 0.4) is 0 Å². The molecule has 0 aromatic rings. The Morgan fingerprint density at radius 2 is 1.75 bits per heavy atom. The van der Waals surface area contributed by atoms with Gasteiger partial charge >= 0.3 is 0 Å². The molecule has 0 aliphatic rings. The zero-order chi connectivity index (χ0) is 6.78. The lowest BCUT2D eigenvalue weighted by Gasteiger charge is -2.17. The lowest BCUT2D eigenvalue weighted by molar-refractivity contribution is 0.938. The molecule has 0 saturated carbocycles. The maximum atomic E-state index is 4.34. The number of rotatable bonds is 2. The molecule has 47 valence electrons. The van der Waals surface area contributed by atoms with Crippen LogP contribution in [0.15, 0.2) is 0 Å². The van der Waals surface area contributed by atoms with Crippen LogP contribution in [0.1, 0.15) is 27.7 Å². The molecule has 0 aromatic carbocycles. The van der Waals surface area contributed by atoms with Gasteiger partial charge in [0.2, 0.25) is 0 Å². The zero-order valence-electron chi connectivity index (χ0n) is 6.10. The largest absolute Gasteiger partial charge is 0.182 e. The minimum atomic E-state index is 0.0914. The van der Waals surface area contributed by atoms with Crippen LogP contribution in [-0.2, 0) is 0 Å². The van der Waals surface area contributed by atoms with Crippen molar-refractivity contribution >= 4 is 19.9 Å². The predicted molar refractivity (Wildman–Crippen MR) is 43.9 cm³/mol. The van der Waals surface area contributed by atoms with E-state index in [0.29, 0.717) is 5.82 Å². The highest BCUT2D eigenvalue weighted by Gasteiger charge is 2.14. The molecule has 0 rings (SSSR count). The Labute approximate surface area is 58.7 Å². The quantitative estimate of drug-likeness (QED) is 0.428. The van der Waals surface area contributed by atoms with Gasteiger partial charge < -0.3 is 0 Å². The van der Waals surface area contributed by atoms with Crippen molar-refractivity contribution in [2.75, 3.05) is 0 Å². The summed E-state index contributed by atoms with van der Waals surface area (Å²) in [6.07, 6.45) is 0. The van der Waals surface area contributed by atoms with Gasteiger partial charge in [-0.15, -0.1) is 0 Å². The molecule has 0 amide bonds. The predicted octanol–water partition coefficient (Wildman–Crippen LogP) is 2.18. The zero-order valence-corrected chi connectivity index (χ0v) is 7.00. The molecule has 0 aliphatic heterocycles. The summed E-state index contributed by atoms with van der Waals surface area (Å²) in [5.74, 6) is 0.641. The Bertz CT molecular complexity index is 63.4. The van der Waals surface area contributed by atoms with Crippen molar-refractivity contribution in [1.29, 1.82) is 0 Å². The summed E-state index contributed by atoms with van der Waals surface area (Å²) in [7, 11) is 2.22. The van der Waals surface area contributed by atoms with Crippen molar-refractivity contribution in [3.63, 3.8) is 0 Å². The molecule has 0 aromatic heterocycles. The van der Waals surface area contributed by atoms with Crippen molar-refractivity contribution < 1.29 is 0 Å². The first-order valence-electron chi connectivity index (χ1n) is 3.00. The summed E-state index contributed by atoms with van der Waals surface area (Å²) in [6.45, 7) is 8.52. The van der Waals surface area contributed by atoms with Crippen molar-refractivity contribution in [2.24, 2.45) is 0 Å². The molecule has 0 heterocycles. The normalized spacial score (nSPS) is 12.2. The van der Waals surface area contributed by atoms with E-state index in [1.54, 1.807) is 0 Å². The van der Waals surface area contributed by atoms with E-state index in [2.05, 4.69) is 47.6 Å². The molecular formula is C6H14BS. The molecule has 0 unspecified atom stereocenters. The maximum Gasteiger partial charge on any atom is 0.133 e. The van der Waals surface area contributed by atoms with Crippen LogP contribution in [0.5, 0.6) is 0 Å². The van der Waals surface area contributed by atoms with Gasteiger partial charge in [0, 0.05) is 0 Å². The Morgan fingerprint density at radius 3 is 1.75 bits per heavy atom. The molecule has 1 radical (unpaired) electrons. The first kappa shape index (κ1) is 8.41. The third-order valence-corrected chi connectivity index (χ3v) is 0.890. The van der Waals surface area contributed by atoms with Crippen LogP contribution in [0.2, 0.25) is 5.82 Å². The van der Waals surface area contributed by atoms with Gasteiger partial charge in [-0.3, -0.25) is 0 Å². The minimum absolute atomic E-state index is 0.0914. The molecule has 0 aliphatic carbocycles. The van der Waals surface area contributed by atoms with E-state index >= 15 is 0 Å². The average Bonchev–Trinajstić information content (AvgIpc) is 1.21. The van der Waals surface area contributed by atoms with Gasteiger partial charge in [-0.05, 0) is 4.65 Å². The summed E-state index contributed by atoms with van der Waals surface area (Å²) in [6, 6.07) is 0. The Kier molecular flexibility index (Phi) is 2.96. The third kappa shape index (κ3) is 6.41. The van der Waals surface area contributed by atoms with E-state index in [0.717, 1.165) is 0 Å². The van der Waals surface area contributed by atoms with Gasteiger partial charge in [-0.25, -0.2) is 0 Å². The van der Waals surface area contributed by atoms with E-state index in [1.165, 1.54) is 0 Å². The summed E-state index contributed by atoms with van der Waals surface area (Å²) >= 11 is 4.34. The van der Waals surface area contributed by atoms with Crippen molar-refractivity contribution in [3.05, 3.63) is 0 Å². The van der Waals surface area contributed by atoms with E-state index in [9.17, 15) is 0 Å². The van der Waals surface area contributed by atoms with Crippen molar-refractivity contribution in [3.8, 4) is 0 Å². The van der Waals surface area contributed by atoms with Crippen LogP contribution in [0.25, 0.3) is 0 Å². The molecule has 8 heavy (non-hydrogen) atoms. The topological polar surface area (TPSA) is 0 Å². The number of hydrogen-bond donors (Lipinski definition) is 1. The van der Waals surface area contributed by atoms with Crippen molar-refractivity contribution in [2.45, 2.75) is 38.2 Å². The van der Waals surface area contributed by atoms with Gasteiger partial charge in [0.25, 0.3) is 0 Å². The second-order valence-electron chi connectivity index (χ2n) is 3.06. The van der Waals surface area contributed by atoms with E-state index in [4.69, 9.17) is 0 Å². The molecule has 2 heteroatoms. The maximum absolute atomic E-state index is 4.34. The Hall–Kier alpha value is 0.415. The molecule has 0 N–H and O–H groups in total. The Morgan fingerprint density at radius 1 is 1.38 bits per heavy atom. The summed E-state index contributed by atoms with van der Waals surface area (Å²) in [4.78, 5) is 0. The molecule has 0 nitrogen and oxygen atoms in total. The van der Waals surface area contributed by atoms with Crippen LogP contribution in [-0.4, -0.2) is 11.9 Å². The lowest BCUT2D eigenvalue weighted by atomic mass is 9.57. The van der Waals surface area contributed by atoms with E-state index < -0.39 is 0 Å². The molecule has 0 fully saturated rings. The van der Waals surface area contributed by atoms with Gasteiger partial charge in [0.1, 0.15) is 7.28 Å². The summed E-state index contributed by atoms with van der Waals surface area (Å²) in [5.41, 5.74) is 0. The second-order valence-corrected chi connectivity index (χ2v) is 4.22. The van der Waals surface area contributed by atoms with Gasteiger partial charge in [0.15, 0.2) is 0 Å². The second kappa shape index (κ2) is 2.81. The highest BCUT2D eigenvalue weighted by atomic mass is 32.1. The Balaban J connectivity index is 3.39. The minimum Gasteiger partial charge on any atom is -0.182 e. The molecule has 0 saturated heterocycles. The van der Waals surface area contributed by atoms with Crippen LogP contribution in [0, 0.1) is 0 Å². The van der Waals surface area contributed by atoms with Crippen LogP contribution in [0.4, 0.5) is 0 Å². The molecular weight excluding hydrogens is 115 g/mol. The first-order valence-corrected chi connectivity index (χ1v) is 3.45. The summed E-state index contributed by atoms with van der Waals surface area (Å²) < 4.78 is 0.0914. The highest BCUT2D eigenvalue weighted by Crippen LogP contribution is 2.15. The first-order chi connectivity index (χ1) is 3.42. The van der Waals surface area contributed by atoms with Crippen molar-refractivity contribution in [1.82, 2.24) is 0 Å². The molecule has 0 atom stereocenters. The fourth-order valence-corrected chi connectivity index (χ4v) is 1.11. The van der Waals surface area contributed by atoms with Gasteiger partial charge in [-0.2, -0.15) is 12.6 Å². The number of hydrogen-bond acceptors (Lipinski definition) is 1. The number of thiol groups is 1.